The molecule has 5 nitrogen and oxygen atoms in total. The third-order valence-corrected chi connectivity index (χ3v) is 3.64. The third-order valence-electron chi connectivity index (χ3n) is 2.72. The van der Waals surface area contributed by atoms with Crippen molar-refractivity contribution in [2.45, 2.75) is 19.9 Å². The molecule has 2 amide bonds. The first-order valence-electron chi connectivity index (χ1n) is 6.20. The zero-order valence-electron chi connectivity index (χ0n) is 11.5. The summed E-state index contributed by atoms with van der Waals surface area (Å²) < 4.78 is 13.4. The van der Waals surface area contributed by atoms with Gasteiger partial charge in [0, 0.05) is 4.47 Å². The average molecular weight is 381 g/mol. The van der Waals surface area contributed by atoms with E-state index < -0.39 is 23.7 Å². The summed E-state index contributed by atoms with van der Waals surface area (Å²) >= 11 is 8.94. The van der Waals surface area contributed by atoms with Gasteiger partial charge in [-0.05, 0) is 34.0 Å². The highest BCUT2D eigenvalue weighted by Gasteiger charge is 2.18. The Hall–Kier alpha value is -1.18. The quantitative estimate of drug-likeness (QED) is 0.733. The minimum Gasteiger partial charge on any atom is -0.346 e. The fraction of sp³-hybridized carbons (Fsp3) is 0.385. The fourth-order valence-corrected chi connectivity index (χ4v) is 2.33. The molecule has 0 unspecified atom stereocenters. The molecule has 1 atom stereocenters. The van der Waals surface area contributed by atoms with Gasteiger partial charge in [-0.2, -0.15) is 0 Å². The van der Waals surface area contributed by atoms with E-state index in [4.69, 9.17) is 17.3 Å². The van der Waals surface area contributed by atoms with E-state index in [1.165, 1.54) is 6.07 Å². The van der Waals surface area contributed by atoms with Gasteiger partial charge in [0.15, 0.2) is 0 Å². The third kappa shape index (κ3) is 5.26. The molecule has 21 heavy (non-hydrogen) atoms. The van der Waals surface area contributed by atoms with Crippen LogP contribution in [0.3, 0.4) is 0 Å². The zero-order valence-corrected chi connectivity index (χ0v) is 13.9. The van der Waals surface area contributed by atoms with Gasteiger partial charge >= 0.3 is 0 Å². The zero-order chi connectivity index (χ0) is 16.2. The van der Waals surface area contributed by atoms with Crippen LogP contribution in [0, 0.1) is 11.7 Å². The summed E-state index contributed by atoms with van der Waals surface area (Å²) in [5.74, 6) is -1.47. The Labute approximate surface area is 135 Å². The monoisotopic (exact) mass is 379 g/mol. The number of carbonyl (C=O) groups excluding carboxylic acids is 2. The molecule has 0 saturated heterocycles. The van der Waals surface area contributed by atoms with Crippen LogP contribution in [-0.2, 0) is 9.59 Å². The van der Waals surface area contributed by atoms with Gasteiger partial charge in [0.2, 0.25) is 11.8 Å². The molecule has 0 bridgehead atoms. The number of hydrogen-bond acceptors (Lipinski definition) is 3. The predicted molar refractivity (Wildman–Crippen MR) is 83.6 cm³/mol. The van der Waals surface area contributed by atoms with Gasteiger partial charge in [-0.25, -0.2) is 4.39 Å². The van der Waals surface area contributed by atoms with Gasteiger partial charge in [-0.3, -0.25) is 9.59 Å². The van der Waals surface area contributed by atoms with E-state index in [1.807, 2.05) is 0 Å². The largest absolute Gasteiger partial charge is 0.346 e. The molecule has 1 aromatic rings. The van der Waals surface area contributed by atoms with Crippen LogP contribution in [0.1, 0.15) is 13.8 Å². The molecule has 0 radical (unpaired) electrons. The molecule has 116 valence electrons. The Morgan fingerprint density at radius 3 is 2.57 bits per heavy atom. The molecule has 0 heterocycles. The summed E-state index contributed by atoms with van der Waals surface area (Å²) in [6.45, 7) is 3.36. The Kier molecular flexibility index (Phi) is 6.57. The number of carbonyl (C=O) groups is 2. The summed E-state index contributed by atoms with van der Waals surface area (Å²) in [6, 6.07) is 1.57. The van der Waals surface area contributed by atoms with Crippen molar-refractivity contribution in [2.24, 2.45) is 11.7 Å². The number of anilines is 1. The van der Waals surface area contributed by atoms with E-state index in [1.54, 1.807) is 13.8 Å². The normalized spacial score (nSPS) is 12.1. The van der Waals surface area contributed by atoms with Crippen LogP contribution < -0.4 is 16.4 Å². The van der Waals surface area contributed by atoms with Crippen molar-refractivity contribution in [3.63, 3.8) is 0 Å². The van der Waals surface area contributed by atoms with Crippen LogP contribution in [0.25, 0.3) is 0 Å². The number of nitrogens with two attached hydrogens (primary N) is 1. The fourth-order valence-electron chi connectivity index (χ4n) is 1.43. The number of amides is 2. The number of rotatable bonds is 5. The Balaban J connectivity index is 2.61. The van der Waals surface area contributed by atoms with Crippen LogP contribution in [0.2, 0.25) is 5.02 Å². The maximum Gasteiger partial charge on any atom is 0.243 e. The summed E-state index contributed by atoms with van der Waals surface area (Å²) in [7, 11) is 0. The van der Waals surface area contributed by atoms with Crippen molar-refractivity contribution in [3.8, 4) is 0 Å². The van der Waals surface area contributed by atoms with Gasteiger partial charge < -0.3 is 16.4 Å². The standard InChI is InChI=1S/C13H16BrClFN3O2/c1-6(2)11(17)13(21)18-5-10(20)19-12-8(14)3-7(16)4-9(12)15/h3-4,6,11H,5,17H2,1-2H3,(H,18,21)(H,19,20)/t11-/m0/s1. The molecule has 8 heteroatoms. The molecule has 0 spiro atoms. The lowest BCUT2D eigenvalue weighted by atomic mass is 10.1. The second kappa shape index (κ2) is 7.72. The van der Waals surface area contributed by atoms with Crippen molar-refractivity contribution in [1.82, 2.24) is 5.32 Å². The SMILES string of the molecule is CC(C)[C@H](N)C(=O)NCC(=O)Nc1c(Cl)cc(F)cc1Br. The van der Waals surface area contributed by atoms with Crippen LogP contribution >= 0.6 is 27.5 Å². The topological polar surface area (TPSA) is 84.2 Å². The smallest absolute Gasteiger partial charge is 0.243 e. The number of halogens is 3. The molecule has 0 fully saturated rings. The molecule has 1 aromatic carbocycles. The van der Waals surface area contributed by atoms with Crippen molar-refractivity contribution in [2.75, 3.05) is 11.9 Å². The van der Waals surface area contributed by atoms with E-state index in [2.05, 4.69) is 26.6 Å². The van der Waals surface area contributed by atoms with E-state index in [-0.39, 0.29) is 23.2 Å². The van der Waals surface area contributed by atoms with Crippen molar-refractivity contribution >= 4 is 45.0 Å². The lowest BCUT2D eigenvalue weighted by Crippen LogP contribution is -2.46. The summed E-state index contributed by atoms with van der Waals surface area (Å²) in [4.78, 5) is 23.4. The van der Waals surface area contributed by atoms with Gasteiger partial charge in [-0.1, -0.05) is 25.4 Å². The molecular formula is C13H16BrClFN3O2. The second-order valence-corrected chi connectivity index (χ2v) is 6.04. The average Bonchev–Trinajstić information content (AvgIpc) is 2.39. The summed E-state index contributed by atoms with van der Waals surface area (Å²) in [6.07, 6.45) is 0. The van der Waals surface area contributed by atoms with Crippen molar-refractivity contribution in [3.05, 3.63) is 27.4 Å². The number of nitrogens with one attached hydrogen (secondary N) is 2. The molecule has 0 aliphatic carbocycles. The van der Waals surface area contributed by atoms with Crippen LogP contribution in [-0.4, -0.2) is 24.4 Å². The molecule has 0 aliphatic heterocycles. The van der Waals surface area contributed by atoms with Crippen molar-refractivity contribution < 1.29 is 14.0 Å². The van der Waals surface area contributed by atoms with E-state index >= 15 is 0 Å². The molecule has 4 N–H and O–H groups in total. The van der Waals surface area contributed by atoms with Crippen molar-refractivity contribution in [1.29, 1.82) is 0 Å². The van der Waals surface area contributed by atoms with Crippen LogP contribution in [0.5, 0.6) is 0 Å². The second-order valence-electron chi connectivity index (χ2n) is 4.78. The molecule has 1 rings (SSSR count). The molecule has 0 saturated carbocycles. The van der Waals surface area contributed by atoms with Gasteiger partial charge in [0.1, 0.15) is 5.82 Å². The van der Waals surface area contributed by atoms with E-state index in [9.17, 15) is 14.0 Å². The van der Waals surface area contributed by atoms with Crippen LogP contribution in [0.4, 0.5) is 10.1 Å². The minimum absolute atomic E-state index is 0.0336. The Bertz CT molecular complexity index is 531. The first-order valence-corrected chi connectivity index (χ1v) is 7.37. The number of hydrogen-bond donors (Lipinski definition) is 3. The van der Waals surface area contributed by atoms with Crippen LogP contribution in [0.15, 0.2) is 16.6 Å². The maximum atomic E-state index is 13.1. The summed E-state index contributed by atoms with van der Waals surface area (Å²) in [5.41, 5.74) is 5.89. The van der Waals surface area contributed by atoms with Gasteiger partial charge in [0.25, 0.3) is 0 Å². The summed E-state index contributed by atoms with van der Waals surface area (Å²) in [5, 5.41) is 4.97. The predicted octanol–water partition coefficient (Wildman–Crippen LogP) is 2.28. The van der Waals surface area contributed by atoms with Gasteiger partial charge in [0.05, 0.1) is 23.3 Å². The Morgan fingerprint density at radius 2 is 2.05 bits per heavy atom. The van der Waals surface area contributed by atoms with E-state index in [0.29, 0.717) is 4.47 Å². The lowest BCUT2D eigenvalue weighted by molar-refractivity contribution is -0.125. The lowest BCUT2D eigenvalue weighted by Gasteiger charge is -2.15. The highest BCUT2D eigenvalue weighted by molar-refractivity contribution is 9.10. The Morgan fingerprint density at radius 1 is 1.43 bits per heavy atom. The number of benzene rings is 1. The minimum atomic E-state index is -0.682. The molecule has 0 aromatic heterocycles. The van der Waals surface area contributed by atoms with E-state index in [0.717, 1.165) is 6.07 Å². The molecular weight excluding hydrogens is 365 g/mol. The maximum absolute atomic E-state index is 13.1. The highest BCUT2D eigenvalue weighted by atomic mass is 79.9. The first-order chi connectivity index (χ1) is 9.72. The highest BCUT2D eigenvalue weighted by Crippen LogP contribution is 2.31. The molecule has 0 aliphatic rings. The first kappa shape index (κ1) is 17.9. The van der Waals surface area contributed by atoms with Gasteiger partial charge in [-0.15, -0.1) is 0 Å².